The summed E-state index contributed by atoms with van der Waals surface area (Å²) in [5, 5.41) is 8.96. The van der Waals surface area contributed by atoms with Gasteiger partial charge < -0.3 is 20.7 Å². The van der Waals surface area contributed by atoms with Crippen molar-refractivity contribution < 1.29 is 14.3 Å². The van der Waals surface area contributed by atoms with Gasteiger partial charge in [-0.3, -0.25) is 9.59 Å². The molecule has 2 amide bonds. The lowest BCUT2D eigenvalue weighted by Gasteiger charge is -2.28. The molecular weight excluding hydrogens is 294 g/mol. The van der Waals surface area contributed by atoms with Crippen LogP contribution in [0.15, 0.2) is 18.2 Å². The van der Waals surface area contributed by atoms with Crippen molar-refractivity contribution in [1.29, 1.82) is 0 Å². The summed E-state index contributed by atoms with van der Waals surface area (Å²) < 4.78 is 4.95. The Morgan fingerprint density at radius 1 is 1.35 bits per heavy atom. The van der Waals surface area contributed by atoms with E-state index in [9.17, 15) is 9.59 Å². The fraction of sp³-hybridized carbons (Fsp3) is 0.529. The van der Waals surface area contributed by atoms with E-state index in [2.05, 4.69) is 29.8 Å². The SMILES string of the molecule is COCCCNC(=O)c1ccc2c(c1)NC(=O)[C@H](CC(C)C)N2. The largest absolute Gasteiger partial charge is 0.385 e. The van der Waals surface area contributed by atoms with Crippen LogP contribution in [0, 0.1) is 5.92 Å². The summed E-state index contributed by atoms with van der Waals surface area (Å²) in [7, 11) is 1.63. The van der Waals surface area contributed by atoms with Gasteiger partial charge in [0.25, 0.3) is 5.91 Å². The molecule has 1 aliphatic heterocycles. The number of amides is 2. The lowest BCUT2D eigenvalue weighted by atomic mass is 10.00. The number of nitrogens with one attached hydrogen (secondary N) is 3. The molecule has 0 unspecified atom stereocenters. The Morgan fingerprint density at radius 3 is 2.83 bits per heavy atom. The molecule has 1 aromatic carbocycles. The number of fused-ring (bicyclic) bond motifs is 1. The van der Waals surface area contributed by atoms with Gasteiger partial charge >= 0.3 is 0 Å². The average Bonchev–Trinajstić information content (AvgIpc) is 2.51. The fourth-order valence-electron chi connectivity index (χ4n) is 2.55. The minimum Gasteiger partial charge on any atom is -0.385 e. The number of carbonyl (C=O) groups is 2. The third-order valence-corrected chi connectivity index (χ3v) is 3.70. The first-order chi connectivity index (χ1) is 11.0. The van der Waals surface area contributed by atoms with Gasteiger partial charge in [0, 0.05) is 25.8 Å². The molecule has 0 radical (unpaired) electrons. The van der Waals surface area contributed by atoms with Gasteiger partial charge in [-0.15, -0.1) is 0 Å². The Bertz CT molecular complexity index is 572. The third kappa shape index (κ3) is 4.69. The molecule has 1 heterocycles. The van der Waals surface area contributed by atoms with E-state index in [0.29, 0.717) is 30.3 Å². The first-order valence-corrected chi connectivity index (χ1v) is 8.00. The Hall–Kier alpha value is -2.08. The molecular formula is C17H25N3O3. The van der Waals surface area contributed by atoms with Crippen molar-refractivity contribution >= 4 is 23.2 Å². The van der Waals surface area contributed by atoms with E-state index >= 15 is 0 Å². The molecule has 3 N–H and O–H groups in total. The maximum absolute atomic E-state index is 12.1. The number of benzene rings is 1. The molecule has 0 saturated heterocycles. The number of hydrogen-bond acceptors (Lipinski definition) is 4. The molecule has 6 heteroatoms. The zero-order valence-corrected chi connectivity index (χ0v) is 13.9. The summed E-state index contributed by atoms with van der Waals surface area (Å²) in [6.45, 7) is 5.34. The van der Waals surface area contributed by atoms with Crippen LogP contribution in [0.1, 0.15) is 37.0 Å². The molecule has 23 heavy (non-hydrogen) atoms. The van der Waals surface area contributed by atoms with Crippen molar-refractivity contribution in [3.8, 4) is 0 Å². The smallest absolute Gasteiger partial charge is 0.251 e. The van der Waals surface area contributed by atoms with E-state index in [1.165, 1.54) is 0 Å². The standard InChI is InChI=1S/C17H25N3O3/c1-11(2)9-15-17(22)20-14-10-12(5-6-13(14)19-15)16(21)18-7-4-8-23-3/h5-6,10-11,15,19H,4,7-9H2,1-3H3,(H,18,21)(H,20,22)/t15-/m0/s1. The third-order valence-electron chi connectivity index (χ3n) is 3.70. The van der Waals surface area contributed by atoms with Crippen LogP contribution >= 0.6 is 0 Å². The molecule has 0 fully saturated rings. The van der Waals surface area contributed by atoms with E-state index in [4.69, 9.17) is 4.74 Å². The molecule has 0 bridgehead atoms. The van der Waals surface area contributed by atoms with E-state index < -0.39 is 0 Å². The molecule has 0 saturated carbocycles. The van der Waals surface area contributed by atoms with Crippen LogP contribution in [0.2, 0.25) is 0 Å². The number of anilines is 2. The lowest BCUT2D eigenvalue weighted by molar-refractivity contribution is -0.117. The molecule has 126 valence electrons. The minimum absolute atomic E-state index is 0.0520. The molecule has 6 nitrogen and oxygen atoms in total. The monoisotopic (exact) mass is 319 g/mol. The molecule has 1 aromatic rings. The van der Waals surface area contributed by atoms with E-state index in [1.807, 2.05) is 6.07 Å². The summed E-state index contributed by atoms with van der Waals surface area (Å²) in [6, 6.07) is 5.08. The predicted octanol–water partition coefficient (Wildman–Crippen LogP) is 2.23. The summed E-state index contributed by atoms with van der Waals surface area (Å²) >= 11 is 0. The number of methoxy groups -OCH3 is 1. The average molecular weight is 319 g/mol. The number of hydrogen-bond donors (Lipinski definition) is 3. The molecule has 0 aromatic heterocycles. The zero-order chi connectivity index (χ0) is 16.8. The topological polar surface area (TPSA) is 79.5 Å². The predicted molar refractivity (Wildman–Crippen MR) is 90.8 cm³/mol. The summed E-state index contributed by atoms with van der Waals surface area (Å²) in [5.74, 6) is 0.225. The first kappa shape index (κ1) is 17.3. The highest BCUT2D eigenvalue weighted by Crippen LogP contribution is 2.29. The molecule has 1 aliphatic rings. The first-order valence-electron chi connectivity index (χ1n) is 8.00. The van der Waals surface area contributed by atoms with E-state index in [0.717, 1.165) is 18.5 Å². The maximum Gasteiger partial charge on any atom is 0.251 e. The van der Waals surface area contributed by atoms with Crippen molar-refractivity contribution in [1.82, 2.24) is 5.32 Å². The molecule has 0 aliphatic carbocycles. The molecule has 1 atom stereocenters. The van der Waals surface area contributed by atoms with Crippen LogP contribution in [0.25, 0.3) is 0 Å². The highest BCUT2D eigenvalue weighted by molar-refractivity contribution is 6.05. The van der Waals surface area contributed by atoms with Crippen LogP contribution in [-0.2, 0) is 9.53 Å². The van der Waals surface area contributed by atoms with Gasteiger partial charge in [-0.05, 0) is 37.0 Å². The van der Waals surface area contributed by atoms with Crippen molar-refractivity contribution in [3.05, 3.63) is 23.8 Å². The number of ether oxygens (including phenoxy) is 1. The second kappa shape index (κ2) is 7.97. The van der Waals surface area contributed by atoms with Crippen LogP contribution in [0.4, 0.5) is 11.4 Å². The molecule has 2 rings (SSSR count). The normalized spacial score (nSPS) is 16.5. The van der Waals surface area contributed by atoms with Crippen molar-refractivity contribution in [2.24, 2.45) is 5.92 Å². The lowest BCUT2D eigenvalue weighted by Crippen LogP contribution is -2.39. The van der Waals surface area contributed by atoms with Crippen molar-refractivity contribution in [2.75, 3.05) is 30.9 Å². The van der Waals surface area contributed by atoms with E-state index in [-0.39, 0.29) is 17.9 Å². The quantitative estimate of drug-likeness (QED) is 0.673. The summed E-state index contributed by atoms with van der Waals surface area (Å²) in [6.07, 6.45) is 1.54. The van der Waals surface area contributed by atoms with Crippen LogP contribution in [-0.4, -0.2) is 38.1 Å². The summed E-state index contributed by atoms with van der Waals surface area (Å²) in [4.78, 5) is 24.2. The Balaban J connectivity index is 2.01. The second-order valence-electron chi connectivity index (χ2n) is 6.18. The van der Waals surface area contributed by atoms with Gasteiger partial charge in [0.05, 0.1) is 11.4 Å². The Kier molecular flexibility index (Phi) is 5.98. The van der Waals surface area contributed by atoms with Crippen LogP contribution < -0.4 is 16.0 Å². The Labute approximate surface area is 137 Å². The molecule has 0 spiro atoms. The maximum atomic E-state index is 12.1. The highest BCUT2D eigenvalue weighted by Gasteiger charge is 2.26. The number of rotatable bonds is 7. The summed E-state index contributed by atoms with van der Waals surface area (Å²) in [5.41, 5.74) is 2.04. The second-order valence-corrected chi connectivity index (χ2v) is 6.18. The zero-order valence-electron chi connectivity index (χ0n) is 13.9. The van der Waals surface area contributed by atoms with Crippen molar-refractivity contribution in [3.63, 3.8) is 0 Å². The van der Waals surface area contributed by atoms with Gasteiger partial charge in [0.15, 0.2) is 0 Å². The minimum atomic E-state index is -0.226. The number of carbonyl (C=O) groups excluding carboxylic acids is 2. The van der Waals surface area contributed by atoms with Crippen molar-refractivity contribution in [2.45, 2.75) is 32.7 Å². The van der Waals surface area contributed by atoms with Gasteiger partial charge in [-0.25, -0.2) is 0 Å². The van der Waals surface area contributed by atoms with E-state index in [1.54, 1.807) is 19.2 Å². The van der Waals surface area contributed by atoms with Gasteiger partial charge in [-0.1, -0.05) is 13.8 Å². The Morgan fingerprint density at radius 2 is 2.13 bits per heavy atom. The van der Waals surface area contributed by atoms with Gasteiger partial charge in [-0.2, -0.15) is 0 Å². The fourth-order valence-corrected chi connectivity index (χ4v) is 2.55. The van der Waals surface area contributed by atoms with Crippen LogP contribution in [0.3, 0.4) is 0 Å². The van der Waals surface area contributed by atoms with Gasteiger partial charge in [0.1, 0.15) is 6.04 Å². The highest BCUT2D eigenvalue weighted by atomic mass is 16.5. The van der Waals surface area contributed by atoms with Crippen LogP contribution in [0.5, 0.6) is 0 Å². The van der Waals surface area contributed by atoms with Gasteiger partial charge in [0.2, 0.25) is 5.91 Å².